The van der Waals surface area contributed by atoms with Gasteiger partial charge in [-0.15, -0.1) is 0 Å². The van der Waals surface area contributed by atoms with Crippen molar-refractivity contribution in [2.24, 2.45) is 0 Å². The molecule has 3 rings (SSSR count). The molecule has 2 aliphatic heterocycles. The number of rotatable bonds is 5. The van der Waals surface area contributed by atoms with Crippen LogP contribution < -0.4 is 20.3 Å². The molecule has 0 saturated carbocycles. The number of nitrogens with zero attached hydrogens (tertiary/aromatic N) is 2. The maximum Gasteiger partial charge on any atom is 0.325 e. The number of urea groups is 1. The number of amides is 5. The van der Waals surface area contributed by atoms with Gasteiger partial charge in [-0.2, -0.15) is 0 Å². The molecule has 5 amide bonds. The highest BCUT2D eigenvalue weighted by Crippen LogP contribution is 2.30. The topological polar surface area (TPSA) is 108 Å². The van der Waals surface area contributed by atoms with Crippen molar-refractivity contribution in [3.8, 4) is 5.75 Å². The number of benzene rings is 1. The third-order valence-electron chi connectivity index (χ3n) is 4.07. The monoisotopic (exact) mass is 346 g/mol. The zero-order chi connectivity index (χ0) is 18.0. The Kier molecular flexibility index (Phi) is 4.55. The van der Waals surface area contributed by atoms with E-state index in [9.17, 15) is 19.2 Å². The molecule has 0 aliphatic carbocycles. The second-order valence-corrected chi connectivity index (χ2v) is 5.85. The van der Waals surface area contributed by atoms with E-state index in [1.807, 2.05) is 6.07 Å². The summed E-state index contributed by atoms with van der Waals surface area (Å²) in [7, 11) is 1.53. The Balaban J connectivity index is 1.60. The van der Waals surface area contributed by atoms with Gasteiger partial charge in [-0.25, -0.2) is 4.79 Å². The van der Waals surface area contributed by atoms with E-state index >= 15 is 0 Å². The van der Waals surface area contributed by atoms with Crippen molar-refractivity contribution in [1.82, 2.24) is 15.5 Å². The van der Waals surface area contributed by atoms with Crippen LogP contribution in [-0.4, -0.2) is 61.4 Å². The molecule has 25 heavy (non-hydrogen) atoms. The first-order valence-electron chi connectivity index (χ1n) is 7.79. The molecular formula is C16H18N4O5. The molecule has 1 atom stereocenters. The predicted octanol–water partition coefficient (Wildman–Crippen LogP) is -0.531. The van der Waals surface area contributed by atoms with Crippen LogP contribution in [0.5, 0.6) is 5.75 Å². The lowest BCUT2D eigenvalue weighted by atomic mass is 10.2. The zero-order valence-electron chi connectivity index (χ0n) is 13.7. The molecule has 2 fully saturated rings. The molecule has 2 aliphatic rings. The van der Waals surface area contributed by atoms with E-state index < -0.39 is 17.8 Å². The standard InChI is InChI=1S/C16H18N4O5/c1-25-12-5-3-2-4-11(12)20-7-10(6-15(20)23)17-13(21)8-19-9-14(22)18-16(19)24/h2-5,10H,6-9H2,1H3,(H,17,21)(H,18,22,24)/t10-/m1/s1. The number of hydrogen-bond acceptors (Lipinski definition) is 5. The van der Waals surface area contributed by atoms with Crippen LogP contribution in [0.4, 0.5) is 10.5 Å². The molecular weight excluding hydrogens is 328 g/mol. The van der Waals surface area contributed by atoms with Crippen LogP contribution in [0.15, 0.2) is 24.3 Å². The SMILES string of the molecule is COc1ccccc1N1C[C@H](NC(=O)CN2CC(=O)NC2=O)CC1=O. The molecule has 2 N–H and O–H groups in total. The van der Waals surface area contributed by atoms with Crippen molar-refractivity contribution < 1.29 is 23.9 Å². The Morgan fingerprint density at radius 1 is 1.32 bits per heavy atom. The van der Waals surface area contributed by atoms with Gasteiger partial charge in [0.05, 0.1) is 18.8 Å². The minimum absolute atomic E-state index is 0.121. The second-order valence-electron chi connectivity index (χ2n) is 5.85. The molecule has 2 saturated heterocycles. The Morgan fingerprint density at radius 2 is 2.08 bits per heavy atom. The average molecular weight is 346 g/mol. The number of carbonyl (C=O) groups excluding carboxylic acids is 4. The molecule has 9 nitrogen and oxygen atoms in total. The summed E-state index contributed by atoms with van der Waals surface area (Å²) in [6.07, 6.45) is 0.162. The van der Waals surface area contributed by atoms with Crippen LogP contribution in [-0.2, 0) is 14.4 Å². The van der Waals surface area contributed by atoms with Gasteiger partial charge in [-0.05, 0) is 12.1 Å². The number of ether oxygens (including phenoxy) is 1. The smallest absolute Gasteiger partial charge is 0.325 e. The normalized spacial score (nSPS) is 20.0. The Bertz CT molecular complexity index is 735. The van der Waals surface area contributed by atoms with Crippen LogP contribution in [0.3, 0.4) is 0 Å². The summed E-state index contributed by atoms with van der Waals surface area (Å²) in [4.78, 5) is 49.6. The summed E-state index contributed by atoms with van der Waals surface area (Å²) in [6, 6.07) is 6.20. The predicted molar refractivity (Wildman–Crippen MR) is 87.0 cm³/mol. The Hall–Kier alpha value is -3.10. The maximum absolute atomic E-state index is 12.3. The minimum Gasteiger partial charge on any atom is -0.495 e. The van der Waals surface area contributed by atoms with Crippen LogP contribution >= 0.6 is 0 Å². The van der Waals surface area contributed by atoms with Crippen molar-refractivity contribution in [2.75, 3.05) is 31.6 Å². The van der Waals surface area contributed by atoms with Gasteiger partial charge >= 0.3 is 6.03 Å². The Morgan fingerprint density at radius 3 is 2.76 bits per heavy atom. The summed E-state index contributed by atoms with van der Waals surface area (Å²) in [5, 5.41) is 4.84. The van der Waals surface area contributed by atoms with Crippen LogP contribution in [0.2, 0.25) is 0 Å². The first-order valence-corrected chi connectivity index (χ1v) is 7.79. The number of hydrogen-bond donors (Lipinski definition) is 2. The number of nitrogens with one attached hydrogen (secondary N) is 2. The van der Waals surface area contributed by atoms with Gasteiger partial charge in [-0.1, -0.05) is 12.1 Å². The lowest BCUT2D eigenvalue weighted by molar-refractivity contribution is -0.122. The lowest BCUT2D eigenvalue weighted by Gasteiger charge is -2.20. The van der Waals surface area contributed by atoms with E-state index in [0.717, 1.165) is 4.90 Å². The van der Waals surface area contributed by atoms with E-state index in [0.29, 0.717) is 18.0 Å². The molecule has 9 heteroatoms. The Labute approximate surface area is 143 Å². The third kappa shape index (κ3) is 3.54. The van der Waals surface area contributed by atoms with Gasteiger partial charge in [0.15, 0.2) is 0 Å². The zero-order valence-corrected chi connectivity index (χ0v) is 13.7. The average Bonchev–Trinajstić information content (AvgIpc) is 3.08. The third-order valence-corrected chi connectivity index (χ3v) is 4.07. The van der Waals surface area contributed by atoms with E-state index in [-0.39, 0.29) is 31.5 Å². The van der Waals surface area contributed by atoms with Crippen molar-refractivity contribution >= 4 is 29.4 Å². The molecule has 0 unspecified atom stereocenters. The van der Waals surface area contributed by atoms with E-state index in [1.165, 1.54) is 7.11 Å². The molecule has 2 heterocycles. The van der Waals surface area contributed by atoms with Gasteiger partial charge in [-0.3, -0.25) is 19.7 Å². The van der Waals surface area contributed by atoms with Gasteiger partial charge in [0, 0.05) is 13.0 Å². The first-order chi connectivity index (χ1) is 12.0. The van der Waals surface area contributed by atoms with E-state index in [1.54, 1.807) is 23.1 Å². The van der Waals surface area contributed by atoms with Crippen LogP contribution in [0.1, 0.15) is 6.42 Å². The van der Waals surface area contributed by atoms with Crippen molar-refractivity contribution in [2.45, 2.75) is 12.5 Å². The van der Waals surface area contributed by atoms with E-state index in [2.05, 4.69) is 10.6 Å². The fourth-order valence-corrected chi connectivity index (χ4v) is 2.95. The summed E-state index contributed by atoms with van der Waals surface area (Å²) in [6.45, 7) is -0.0455. The molecule has 0 bridgehead atoms. The number of carbonyl (C=O) groups is 4. The molecule has 132 valence electrons. The lowest BCUT2D eigenvalue weighted by Crippen LogP contribution is -2.44. The number of anilines is 1. The summed E-state index contributed by atoms with van der Waals surface area (Å²) in [5.41, 5.74) is 0.649. The van der Waals surface area contributed by atoms with E-state index in [4.69, 9.17) is 4.74 Å². The molecule has 0 spiro atoms. The highest BCUT2D eigenvalue weighted by atomic mass is 16.5. The molecule has 1 aromatic rings. The summed E-state index contributed by atoms with van der Waals surface area (Å²) < 4.78 is 5.27. The van der Waals surface area contributed by atoms with Crippen molar-refractivity contribution in [3.05, 3.63) is 24.3 Å². The van der Waals surface area contributed by atoms with Crippen LogP contribution in [0, 0.1) is 0 Å². The van der Waals surface area contributed by atoms with Gasteiger partial charge < -0.3 is 19.9 Å². The second kappa shape index (κ2) is 6.80. The first kappa shape index (κ1) is 16.7. The highest BCUT2D eigenvalue weighted by Gasteiger charge is 2.34. The molecule has 0 aromatic heterocycles. The quantitative estimate of drug-likeness (QED) is 0.697. The van der Waals surface area contributed by atoms with Gasteiger partial charge in [0.1, 0.15) is 18.8 Å². The maximum atomic E-state index is 12.3. The fraction of sp³-hybridized carbons (Fsp3) is 0.375. The van der Waals surface area contributed by atoms with Crippen molar-refractivity contribution in [1.29, 1.82) is 0 Å². The van der Waals surface area contributed by atoms with Gasteiger partial charge in [0.2, 0.25) is 17.7 Å². The van der Waals surface area contributed by atoms with Gasteiger partial charge in [0.25, 0.3) is 0 Å². The molecule has 0 radical (unpaired) electrons. The summed E-state index contributed by atoms with van der Waals surface area (Å²) in [5.74, 6) is -0.389. The molecule has 1 aromatic carbocycles. The van der Waals surface area contributed by atoms with Crippen molar-refractivity contribution in [3.63, 3.8) is 0 Å². The van der Waals surface area contributed by atoms with Crippen LogP contribution in [0.25, 0.3) is 0 Å². The number of para-hydroxylation sites is 2. The summed E-state index contributed by atoms with van der Waals surface area (Å²) >= 11 is 0. The minimum atomic E-state index is -0.585. The fourth-order valence-electron chi connectivity index (χ4n) is 2.95. The highest BCUT2D eigenvalue weighted by molar-refractivity contribution is 6.03. The largest absolute Gasteiger partial charge is 0.495 e. The number of methoxy groups -OCH3 is 1. The number of imide groups is 1.